The molecule has 22 heavy (non-hydrogen) atoms. The minimum absolute atomic E-state index is 0.0637. The van der Waals surface area contributed by atoms with Crippen molar-refractivity contribution in [1.82, 2.24) is 10.4 Å². The van der Waals surface area contributed by atoms with Crippen molar-refractivity contribution in [2.75, 3.05) is 13.6 Å². The third kappa shape index (κ3) is 5.40. The third-order valence-electron chi connectivity index (χ3n) is 4.09. The Hall–Kier alpha value is -0.860. The molecule has 1 fully saturated rings. The summed E-state index contributed by atoms with van der Waals surface area (Å²) >= 11 is 0. The Labute approximate surface area is 128 Å². The number of aliphatic hydroxyl groups excluding tert-OH is 1. The topological polar surface area (TPSA) is 61.8 Å². The lowest BCUT2D eigenvalue weighted by Crippen LogP contribution is -2.49. The fraction of sp³-hybridized carbons (Fsp3) is 0.929. The first-order chi connectivity index (χ1) is 10.2. The van der Waals surface area contributed by atoms with Crippen LogP contribution in [-0.2, 0) is 9.63 Å². The lowest BCUT2D eigenvalue weighted by molar-refractivity contribution is -0.273. The molecular weight excluding hydrogens is 301 g/mol. The van der Waals surface area contributed by atoms with Gasteiger partial charge >= 0.3 is 12.1 Å². The Bertz CT molecular complexity index is 366. The number of likely N-dealkylation sites (N-methyl/N-ethyl adjacent to an activating group) is 1. The van der Waals surface area contributed by atoms with Crippen LogP contribution in [0, 0.1) is 5.92 Å². The minimum Gasteiger partial charge on any atom is -0.391 e. The van der Waals surface area contributed by atoms with Crippen molar-refractivity contribution in [3.8, 4) is 0 Å². The standard InChI is InChI=1S/C14H25F3N2O3/c1-9(13(21)10(2)18-3)8-12(20)22-19-7-5-4-6-11(19)14(15,16)17/h9-11,13,18,21H,4-8H2,1-3H3/t9-,10+,11?,13-/m1/s1. The molecule has 2 N–H and O–H groups in total. The van der Waals surface area contributed by atoms with Crippen LogP contribution in [0.25, 0.3) is 0 Å². The highest BCUT2D eigenvalue weighted by molar-refractivity contribution is 5.69. The molecule has 0 aromatic heterocycles. The van der Waals surface area contributed by atoms with Crippen LogP contribution >= 0.6 is 0 Å². The summed E-state index contributed by atoms with van der Waals surface area (Å²) in [6, 6.07) is -1.96. The fourth-order valence-electron chi connectivity index (χ4n) is 2.56. The van der Waals surface area contributed by atoms with Gasteiger partial charge < -0.3 is 15.3 Å². The van der Waals surface area contributed by atoms with E-state index in [0.29, 0.717) is 12.8 Å². The highest BCUT2D eigenvalue weighted by Crippen LogP contribution is 2.32. The highest BCUT2D eigenvalue weighted by Gasteiger charge is 2.46. The molecule has 0 spiro atoms. The molecule has 1 rings (SSSR count). The van der Waals surface area contributed by atoms with Gasteiger partial charge in [-0.25, -0.2) is 0 Å². The van der Waals surface area contributed by atoms with E-state index in [0.717, 1.165) is 5.06 Å². The average molecular weight is 326 g/mol. The Morgan fingerprint density at radius 2 is 2.05 bits per heavy atom. The first-order valence-corrected chi connectivity index (χ1v) is 7.56. The summed E-state index contributed by atoms with van der Waals surface area (Å²) in [5, 5.41) is 13.6. The maximum atomic E-state index is 12.9. The molecule has 8 heteroatoms. The predicted octanol–water partition coefficient (Wildman–Crippen LogP) is 1.86. The molecule has 0 aromatic carbocycles. The predicted molar refractivity (Wildman–Crippen MR) is 74.8 cm³/mol. The minimum atomic E-state index is -4.41. The molecule has 1 aliphatic rings. The largest absolute Gasteiger partial charge is 0.407 e. The van der Waals surface area contributed by atoms with Crippen LogP contribution in [0.2, 0.25) is 0 Å². The van der Waals surface area contributed by atoms with E-state index >= 15 is 0 Å². The molecular formula is C14H25F3N2O3. The second-order valence-corrected chi connectivity index (χ2v) is 5.91. The number of hydroxylamine groups is 2. The van der Waals surface area contributed by atoms with E-state index in [1.54, 1.807) is 20.9 Å². The van der Waals surface area contributed by atoms with E-state index in [-0.39, 0.29) is 25.4 Å². The molecule has 0 radical (unpaired) electrons. The number of carbonyl (C=O) groups is 1. The van der Waals surface area contributed by atoms with Crippen LogP contribution in [0.3, 0.4) is 0 Å². The number of nitrogens with one attached hydrogen (secondary N) is 1. The summed E-state index contributed by atoms with van der Waals surface area (Å²) in [6.45, 7) is 3.51. The molecule has 0 amide bonds. The number of hydrogen-bond donors (Lipinski definition) is 2. The fourth-order valence-corrected chi connectivity index (χ4v) is 2.56. The van der Waals surface area contributed by atoms with Gasteiger partial charge in [0.25, 0.3) is 0 Å². The first-order valence-electron chi connectivity index (χ1n) is 7.56. The molecule has 0 aromatic rings. The normalized spacial score (nSPS) is 24.6. The van der Waals surface area contributed by atoms with Crippen LogP contribution < -0.4 is 5.32 Å². The van der Waals surface area contributed by atoms with Crippen molar-refractivity contribution in [1.29, 1.82) is 0 Å². The second kappa shape index (κ2) is 8.12. The van der Waals surface area contributed by atoms with E-state index in [1.807, 2.05) is 0 Å². The maximum Gasteiger partial charge on any atom is 0.407 e. The van der Waals surface area contributed by atoms with Gasteiger partial charge in [-0.2, -0.15) is 13.2 Å². The van der Waals surface area contributed by atoms with Gasteiger partial charge in [0, 0.05) is 12.6 Å². The van der Waals surface area contributed by atoms with E-state index in [2.05, 4.69) is 5.32 Å². The number of rotatable bonds is 6. The third-order valence-corrected chi connectivity index (χ3v) is 4.09. The number of alkyl halides is 3. The van der Waals surface area contributed by atoms with Gasteiger partial charge in [-0.05, 0) is 32.7 Å². The number of nitrogens with zero attached hydrogens (tertiary/aromatic N) is 1. The van der Waals surface area contributed by atoms with Crippen LogP contribution in [0.1, 0.15) is 39.5 Å². The van der Waals surface area contributed by atoms with Gasteiger partial charge in [0.05, 0.1) is 12.5 Å². The molecule has 1 aliphatic heterocycles. The van der Waals surface area contributed by atoms with Crippen molar-refractivity contribution in [2.24, 2.45) is 5.92 Å². The van der Waals surface area contributed by atoms with E-state index < -0.39 is 30.2 Å². The van der Waals surface area contributed by atoms with Crippen LogP contribution in [0.5, 0.6) is 0 Å². The van der Waals surface area contributed by atoms with Gasteiger partial charge in [0.2, 0.25) is 0 Å². The Kier molecular flexibility index (Phi) is 7.08. The van der Waals surface area contributed by atoms with E-state index in [1.165, 1.54) is 0 Å². The van der Waals surface area contributed by atoms with Gasteiger partial charge in [-0.1, -0.05) is 13.3 Å². The summed E-state index contributed by atoms with van der Waals surface area (Å²) in [5.74, 6) is -1.16. The first kappa shape index (κ1) is 19.2. The van der Waals surface area contributed by atoms with Crippen LogP contribution in [-0.4, -0.2) is 54.1 Å². The van der Waals surface area contributed by atoms with E-state index in [9.17, 15) is 23.1 Å². The average Bonchev–Trinajstić information content (AvgIpc) is 2.44. The van der Waals surface area contributed by atoms with Gasteiger partial charge in [0.15, 0.2) is 0 Å². The molecule has 1 heterocycles. The zero-order valence-electron chi connectivity index (χ0n) is 13.2. The number of piperidine rings is 1. The van der Waals surface area contributed by atoms with Crippen LogP contribution in [0.4, 0.5) is 13.2 Å². The Morgan fingerprint density at radius 1 is 1.41 bits per heavy atom. The molecule has 0 aliphatic carbocycles. The molecule has 0 bridgehead atoms. The van der Waals surface area contributed by atoms with Gasteiger partial charge in [0.1, 0.15) is 6.04 Å². The van der Waals surface area contributed by atoms with E-state index in [4.69, 9.17) is 4.84 Å². The van der Waals surface area contributed by atoms with Crippen molar-refractivity contribution in [3.05, 3.63) is 0 Å². The van der Waals surface area contributed by atoms with Crippen molar-refractivity contribution >= 4 is 5.97 Å². The number of halogens is 3. The lowest BCUT2D eigenvalue weighted by atomic mass is 9.96. The number of carbonyl (C=O) groups excluding carboxylic acids is 1. The molecule has 0 saturated carbocycles. The quantitative estimate of drug-likeness (QED) is 0.780. The molecule has 130 valence electrons. The molecule has 4 atom stereocenters. The Balaban J connectivity index is 2.56. The van der Waals surface area contributed by atoms with Gasteiger partial charge in [-0.3, -0.25) is 4.79 Å². The van der Waals surface area contributed by atoms with Crippen molar-refractivity contribution in [2.45, 2.75) is 63.9 Å². The summed E-state index contributed by atoms with van der Waals surface area (Å²) in [6.07, 6.45) is -4.36. The number of aliphatic hydroxyl groups is 1. The zero-order valence-corrected chi connectivity index (χ0v) is 13.2. The second-order valence-electron chi connectivity index (χ2n) is 5.91. The molecule has 5 nitrogen and oxygen atoms in total. The SMILES string of the molecule is CN[C@@H](C)[C@H](O)[C@H](C)CC(=O)ON1CCCCC1C(F)(F)F. The maximum absolute atomic E-state index is 12.9. The van der Waals surface area contributed by atoms with Crippen LogP contribution in [0.15, 0.2) is 0 Å². The smallest absolute Gasteiger partial charge is 0.391 e. The molecule has 1 unspecified atom stereocenters. The summed E-state index contributed by atoms with van der Waals surface area (Å²) < 4.78 is 38.7. The van der Waals surface area contributed by atoms with Crippen molar-refractivity contribution < 1.29 is 27.9 Å². The summed E-state index contributed by atoms with van der Waals surface area (Å²) in [7, 11) is 1.68. The highest BCUT2D eigenvalue weighted by atomic mass is 19.4. The van der Waals surface area contributed by atoms with Gasteiger partial charge in [-0.15, -0.1) is 5.06 Å². The van der Waals surface area contributed by atoms with Crippen molar-refractivity contribution in [3.63, 3.8) is 0 Å². The zero-order chi connectivity index (χ0) is 16.9. The summed E-state index contributed by atoms with van der Waals surface area (Å²) in [5.41, 5.74) is 0. The Morgan fingerprint density at radius 3 is 2.59 bits per heavy atom. The number of hydrogen-bond acceptors (Lipinski definition) is 5. The monoisotopic (exact) mass is 326 g/mol. The summed E-state index contributed by atoms with van der Waals surface area (Å²) in [4.78, 5) is 16.8. The lowest BCUT2D eigenvalue weighted by Gasteiger charge is -2.35. The molecule has 1 saturated heterocycles.